The second-order valence-corrected chi connectivity index (χ2v) is 13.6. The zero-order valence-electron chi connectivity index (χ0n) is 22.2. The van der Waals surface area contributed by atoms with E-state index in [0.717, 1.165) is 35.7 Å². The third-order valence-corrected chi connectivity index (χ3v) is 11.3. The standard InChI is InChI=1S/C28H38N4O3S/c1-19-6-8-22(9-7-19)16-24-20(2)29-21(3)30-26(24)31-12-14-32(15-13-31)36(34,35)18-28-11-10-23(17-25(28)33)27(28,4)5/h6-9,23H,10-18H2,1-5H3. The normalized spacial score (nSPS) is 26.1. The number of aryl methyl sites for hydroxylation is 3. The highest BCUT2D eigenvalue weighted by Gasteiger charge is 2.65. The molecule has 8 heteroatoms. The quantitative estimate of drug-likeness (QED) is 0.587. The maximum Gasteiger partial charge on any atom is 0.215 e. The summed E-state index contributed by atoms with van der Waals surface area (Å²) in [5.41, 5.74) is 3.51. The van der Waals surface area contributed by atoms with Crippen molar-refractivity contribution in [3.63, 3.8) is 0 Å². The summed E-state index contributed by atoms with van der Waals surface area (Å²) in [4.78, 5) is 24.6. The van der Waals surface area contributed by atoms with E-state index in [4.69, 9.17) is 4.98 Å². The Morgan fingerprint density at radius 3 is 2.25 bits per heavy atom. The molecule has 0 spiro atoms. The minimum absolute atomic E-state index is 0.0489. The minimum Gasteiger partial charge on any atom is -0.354 e. The molecule has 2 aliphatic carbocycles. The zero-order chi connectivity index (χ0) is 25.9. The van der Waals surface area contributed by atoms with Crippen LogP contribution in [0.1, 0.15) is 61.3 Å². The summed E-state index contributed by atoms with van der Waals surface area (Å²) < 4.78 is 28.8. The van der Waals surface area contributed by atoms with E-state index in [9.17, 15) is 13.2 Å². The highest BCUT2D eigenvalue weighted by atomic mass is 32.2. The van der Waals surface area contributed by atoms with Crippen molar-refractivity contribution >= 4 is 21.6 Å². The fourth-order valence-corrected chi connectivity index (χ4v) is 8.99. The van der Waals surface area contributed by atoms with Gasteiger partial charge in [0, 0.05) is 55.7 Å². The van der Waals surface area contributed by atoms with Gasteiger partial charge in [0.25, 0.3) is 0 Å². The molecular formula is C28H38N4O3S. The summed E-state index contributed by atoms with van der Waals surface area (Å²) in [7, 11) is -3.55. The van der Waals surface area contributed by atoms with E-state index in [-0.39, 0.29) is 17.0 Å². The molecule has 3 aliphatic rings. The highest BCUT2D eigenvalue weighted by molar-refractivity contribution is 7.89. The van der Waals surface area contributed by atoms with Crippen LogP contribution in [0.3, 0.4) is 0 Å². The summed E-state index contributed by atoms with van der Waals surface area (Å²) in [6.45, 7) is 12.2. The van der Waals surface area contributed by atoms with E-state index in [1.807, 2.05) is 13.8 Å². The van der Waals surface area contributed by atoms with Crippen LogP contribution >= 0.6 is 0 Å². The first-order valence-corrected chi connectivity index (χ1v) is 14.7. The van der Waals surface area contributed by atoms with Crippen molar-refractivity contribution in [1.82, 2.24) is 14.3 Å². The largest absolute Gasteiger partial charge is 0.354 e. The summed E-state index contributed by atoms with van der Waals surface area (Å²) in [6.07, 6.45) is 2.93. The van der Waals surface area contributed by atoms with Crippen molar-refractivity contribution in [2.75, 3.05) is 36.8 Å². The monoisotopic (exact) mass is 510 g/mol. The van der Waals surface area contributed by atoms with Gasteiger partial charge in [0.2, 0.25) is 10.0 Å². The first kappa shape index (κ1) is 25.3. The number of Topliss-reactive ketones (excluding diaryl/α,β-unsaturated/α-hetero) is 1. The number of carbonyl (C=O) groups excluding carboxylic acids is 1. The molecule has 1 saturated heterocycles. The van der Waals surface area contributed by atoms with Gasteiger partial charge < -0.3 is 4.90 Å². The van der Waals surface area contributed by atoms with E-state index < -0.39 is 15.4 Å². The lowest BCUT2D eigenvalue weighted by Crippen LogP contribution is -2.53. The third kappa shape index (κ3) is 4.16. The summed E-state index contributed by atoms with van der Waals surface area (Å²) in [6, 6.07) is 8.51. The number of carbonyl (C=O) groups is 1. The molecule has 0 amide bonds. The lowest BCUT2D eigenvalue weighted by atomic mass is 9.70. The molecule has 7 nitrogen and oxygen atoms in total. The van der Waals surface area contributed by atoms with Crippen molar-refractivity contribution < 1.29 is 13.2 Å². The molecule has 1 aromatic carbocycles. The predicted molar refractivity (Wildman–Crippen MR) is 142 cm³/mol. The van der Waals surface area contributed by atoms with Gasteiger partial charge in [-0.05, 0) is 50.5 Å². The molecule has 194 valence electrons. The van der Waals surface area contributed by atoms with Gasteiger partial charge in [0.05, 0.1) is 5.75 Å². The van der Waals surface area contributed by atoms with Gasteiger partial charge in [0.1, 0.15) is 17.4 Å². The number of nitrogens with zero attached hydrogens (tertiary/aromatic N) is 4. The molecule has 2 aromatic rings. The van der Waals surface area contributed by atoms with Crippen LogP contribution in [0.25, 0.3) is 0 Å². The summed E-state index contributed by atoms with van der Waals surface area (Å²) in [5.74, 6) is 2.04. The van der Waals surface area contributed by atoms with Crippen molar-refractivity contribution in [3.8, 4) is 0 Å². The molecule has 5 rings (SSSR count). The number of anilines is 1. The van der Waals surface area contributed by atoms with Gasteiger partial charge in [-0.1, -0.05) is 43.7 Å². The molecule has 1 aromatic heterocycles. The Morgan fingerprint density at radius 2 is 1.67 bits per heavy atom. The number of ketones is 1. The molecule has 2 unspecified atom stereocenters. The van der Waals surface area contributed by atoms with Crippen molar-refractivity contribution in [1.29, 1.82) is 0 Å². The van der Waals surface area contributed by atoms with E-state index in [2.05, 4.69) is 54.9 Å². The SMILES string of the molecule is Cc1ccc(Cc2c(C)nc(C)nc2N2CCN(S(=O)(=O)CC34CCC(CC3=O)C4(C)C)CC2)cc1. The highest BCUT2D eigenvalue weighted by Crippen LogP contribution is 2.64. The van der Waals surface area contributed by atoms with Gasteiger partial charge in [-0.3, -0.25) is 4.79 Å². The molecule has 0 N–H and O–H groups in total. The Balaban J connectivity index is 1.33. The van der Waals surface area contributed by atoms with Crippen LogP contribution in [0.5, 0.6) is 0 Å². The Labute approximate surface area is 215 Å². The summed E-state index contributed by atoms with van der Waals surface area (Å²) >= 11 is 0. The molecule has 1 aliphatic heterocycles. The van der Waals surface area contributed by atoms with Crippen LogP contribution in [0, 0.1) is 37.5 Å². The van der Waals surface area contributed by atoms with Crippen molar-refractivity contribution in [3.05, 3.63) is 52.5 Å². The fourth-order valence-electron chi connectivity index (χ4n) is 6.79. The average Bonchev–Trinajstić information content (AvgIpc) is 3.16. The van der Waals surface area contributed by atoms with Gasteiger partial charge in [0.15, 0.2) is 0 Å². The molecule has 2 bridgehead atoms. The van der Waals surface area contributed by atoms with Crippen LogP contribution in [-0.2, 0) is 21.2 Å². The Hall–Kier alpha value is -2.32. The summed E-state index contributed by atoms with van der Waals surface area (Å²) in [5, 5.41) is 0. The average molecular weight is 511 g/mol. The molecule has 2 heterocycles. The number of aromatic nitrogens is 2. The Bertz CT molecular complexity index is 1280. The van der Waals surface area contributed by atoms with Crippen LogP contribution < -0.4 is 4.90 Å². The molecule has 0 radical (unpaired) electrons. The van der Waals surface area contributed by atoms with E-state index in [0.29, 0.717) is 44.9 Å². The van der Waals surface area contributed by atoms with E-state index >= 15 is 0 Å². The Morgan fingerprint density at radius 1 is 1.00 bits per heavy atom. The topological polar surface area (TPSA) is 83.5 Å². The number of hydrogen-bond donors (Lipinski definition) is 0. The Kier molecular flexibility index (Phi) is 6.27. The number of hydrogen-bond acceptors (Lipinski definition) is 6. The van der Waals surface area contributed by atoms with E-state index in [1.54, 1.807) is 4.31 Å². The zero-order valence-corrected chi connectivity index (χ0v) is 23.0. The number of sulfonamides is 1. The van der Waals surface area contributed by atoms with Crippen molar-refractivity contribution in [2.45, 2.75) is 60.3 Å². The second-order valence-electron chi connectivity index (χ2n) is 11.6. The predicted octanol–water partition coefficient (Wildman–Crippen LogP) is 3.84. The van der Waals surface area contributed by atoms with Crippen LogP contribution in [-0.4, -0.2) is 60.4 Å². The maximum atomic E-state index is 13.6. The maximum absolute atomic E-state index is 13.6. The van der Waals surface area contributed by atoms with Crippen LogP contribution in [0.4, 0.5) is 5.82 Å². The van der Waals surface area contributed by atoms with Crippen LogP contribution in [0.15, 0.2) is 24.3 Å². The van der Waals surface area contributed by atoms with Gasteiger partial charge in [-0.2, -0.15) is 4.31 Å². The first-order chi connectivity index (χ1) is 16.9. The second kappa shape index (κ2) is 8.91. The van der Waals surface area contributed by atoms with Crippen molar-refractivity contribution in [2.24, 2.45) is 16.7 Å². The third-order valence-electron chi connectivity index (χ3n) is 9.30. The molecule has 36 heavy (non-hydrogen) atoms. The molecule has 2 saturated carbocycles. The molecule has 3 fully saturated rings. The lowest BCUT2D eigenvalue weighted by molar-refractivity contribution is -0.128. The number of piperazine rings is 1. The number of benzene rings is 1. The smallest absolute Gasteiger partial charge is 0.215 e. The van der Waals surface area contributed by atoms with Gasteiger partial charge in [-0.25, -0.2) is 18.4 Å². The van der Waals surface area contributed by atoms with Crippen LogP contribution in [0.2, 0.25) is 0 Å². The van der Waals surface area contributed by atoms with Gasteiger partial charge in [-0.15, -0.1) is 0 Å². The lowest BCUT2D eigenvalue weighted by Gasteiger charge is -2.40. The molecular weight excluding hydrogens is 472 g/mol. The van der Waals surface area contributed by atoms with E-state index in [1.165, 1.54) is 11.1 Å². The molecule has 2 atom stereocenters. The fraction of sp³-hybridized carbons (Fsp3) is 0.607. The minimum atomic E-state index is -3.55. The number of fused-ring (bicyclic) bond motifs is 2. The first-order valence-electron chi connectivity index (χ1n) is 13.1. The van der Waals surface area contributed by atoms with Gasteiger partial charge >= 0.3 is 0 Å². The number of rotatable bonds is 6.